The van der Waals surface area contributed by atoms with E-state index in [0.717, 1.165) is 16.6 Å². The molecule has 0 saturated carbocycles. The smallest absolute Gasteiger partial charge is 0.171 e. The highest BCUT2D eigenvalue weighted by molar-refractivity contribution is 9.10. The molecule has 0 aromatic heterocycles. The highest BCUT2D eigenvalue weighted by Crippen LogP contribution is 2.25. The van der Waals surface area contributed by atoms with Gasteiger partial charge in [0, 0.05) is 28.8 Å². The van der Waals surface area contributed by atoms with E-state index in [1.807, 2.05) is 18.2 Å². The second-order valence-corrected chi connectivity index (χ2v) is 4.87. The van der Waals surface area contributed by atoms with E-state index in [0.29, 0.717) is 11.6 Å². The van der Waals surface area contributed by atoms with Crippen molar-refractivity contribution in [2.75, 3.05) is 11.9 Å². The van der Waals surface area contributed by atoms with Crippen molar-refractivity contribution in [1.82, 2.24) is 0 Å². The van der Waals surface area contributed by atoms with Crippen LogP contribution in [0.3, 0.4) is 0 Å². The summed E-state index contributed by atoms with van der Waals surface area (Å²) in [5, 5.41) is 11.6. The highest BCUT2D eigenvalue weighted by Gasteiger charge is 2.11. The van der Waals surface area contributed by atoms with Crippen LogP contribution in [0.1, 0.15) is 25.8 Å². The Labute approximate surface area is 110 Å². The molecule has 4 nitrogen and oxygen atoms in total. The molecule has 0 radical (unpaired) electrons. The van der Waals surface area contributed by atoms with Gasteiger partial charge in [0.05, 0.1) is 0 Å². The number of hydrogen-bond donors (Lipinski definition) is 2. The van der Waals surface area contributed by atoms with Crippen LogP contribution in [0.25, 0.3) is 0 Å². The van der Waals surface area contributed by atoms with Crippen molar-refractivity contribution in [2.24, 2.45) is 10.9 Å². The lowest BCUT2D eigenvalue weighted by Crippen LogP contribution is -2.28. The standard InChI is InChI=1S/C12H18BrN3O/c1-4-8(2)16(3)9-5-6-10(11(13)7-9)12(14)15-17/h5-8,17H,4H2,1-3H3,(H2,14,15). The summed E-state index contributed by atoms with van der Waals surface area (Å²) in [6.45, 7) is 4.33. The first-order valence-corrected chi connectivity index (χ1v) is 6.30. The van der Waals surface area contributed by atoms with Gasteiger partial charge in [-0.15, -0.1) is 0 Å². The van der Waals surface area contributed by atoms with Crippen molar-refractivity contribution in [1.29, 1.82) is 0 Å². The Kier molecular flexibility index (Phi) is 4.81. The van der Waals surface area contributed by atoms with Crippen LogP contribution < -0.4 is 10.6 Å². The van der Waals surface area contributed by atoms with Crippen LogP contribution in [-0.2, 0) is 0 Å². The highest BCUT2D eigenvalue weighted by atomic mass is 79.9. The summed E-state index contributed by atoms with van der Waals surface area (Å²) in [6.07, 6.45) is 1.08. The monoisotopic (exact) mass is 299 g/mol. The fraction of sp³-hybridized carbons (Fsp3) is 0.417. The van der Waals surface area contributed by atoms with E-state index in [1.54, 1.807) is 0 Å². The number of oxime groups is 1. The molecule has 0 aliphatic rings. The zero-order valence-corrected chi connectivity index (χ0v) is 11.9. The van der Waals surface area contributed by atoms with Crippen LogP contribution in [-0.4, -0.2) is 24.1 Å². The molecule has 3 N–H and O–H groups in total. The predicted molar refractivity (Wildman–Crippen MR) is 74.8 cm³/mol. The number of rotatable bonds is 4. The molecule has 0 aliphatic heterocycles. The van der Waals surface area contributed by atoms with Crippen LogP contribution in [0, 0.1) is 0 Å². The van der Waals surface area contributed by atoms with Crippen LogP contribution in [0.2, 0.25) is 0 Å². The van der Waals surface area contributed by atoms with E-state index in [4.69, 9.17) is 10.9 Å². The summed E-state index contributed by atoms with van der Waals surface area (Å²) < 4.78 is 0.820. The lowest BCUT2D eigenvalue weighted by molar-refractivity contribution is 0.318. The number of anilines is 1. The molecule has 0 aliphatic carbocycles. The molecule has 0 saturated heterocycles. The second-order valence-electron chi connectivity index (χ2n) is 4.02. The quantitative estimate of drug-likeness (QED) is 0.389. The molecular weight excluding hydrogens is 282 g/mol. The Bertz CT molecular complexity index is 420. The fourth-order valence-electron chi connectivity index (χ4n) is 1.51. The molecule has 0 amide bonds. The zero-order chi connectivity index (χ0) is 13.0. The van der Waals surface area contributed by atoms with Crippen molar-refractivity contribution in [3.8, 4) is 0 Å². The number of hydrogen-bond acceptors (Lipinski definition) is 3. The Hall–Kier alpha value is -1.23. The van der Waals surface area contributed by atoms with Crippen LogP contribution in [0.4, 0.5) is 5.69 Å². The molecule has 5 heteroatoms. The van der Waals surface area contributed by atoms with Crippen molar-refractivity contribution in [3.05, 3.63) is 28.2 Å². The maximum Gasteiger partial charge on any atom is 0.171 e. The summed E-state index contributed by atoms with van der Waals surface area (Å²) in [5.74, 6) is 0.106. The minimum absolute atomic E-state index is 0.106. The molecule has 1 unspecified atom stereocenters. The summed E-state index contributed by atoms with van der Waals surface area (Å²) in [5.41, 5.74) is 7.35. The van der Waals surface area contributed by atoms with E-state index in [-0.39, 0.29) is 5.84 Å². The number of amidine groups is 1. The van der Waals surface area contributed by atoms with Crippen LogP contribution >= 0.6 is 15.9 Å². The van der Waals surface area contributed by atoms with Gasteiger partial charge in [0.15, 0.2) is 5.84 Å². The molecular formula is C12H18BrN3O. The maximum atomic E-state index is 8.65. The summed E-state index contributed by atoms with van der Waals surface area (Å²) in [6, 6.07) is 6.24. The summed E-state index contributed by atoms with van der Waals surface area (Å²) >= 11 is 3.43. The third kappa shape index (κ3) is 3.12. The fourth-order valence-corrected chi connectivity index (χ4v) is 2.08. The van der Waals surface area contributed by atoms with Gasteiger partial charge in [-0.05, 0) is 47.5 Å². The molecule has 1 atom stereocenters. The van der Waals surface area contributed by atoms with E-state index < -0.39 is 0 Å². The van der Waals surface area contributed by atoms with Crippen molar-refractivity contribution in [3.63, 3.8) is 0 Å². The molecule has 17 heavy (non-hydrogen) atoms. The normalized spacial score (nSPS) is 13.5. The third-order valence-corrected chi connectivity index (χ3v) is 3.65. The van der Waals surface area contributed by atoms with E-state index in [9.17, 15) is 0 Å². The molecule has 1 aromatic rings. The van der Waals surface area contributed by atoms with Gasteiger partial charge < -0.3 is 15.8 Å². The zero-order valence-electron chi connectivity index (χ0n) is 10.3. The van der Waals surface area contributed by atoms with E-state index in [1.165, 1.54) is 0 Å². The van der Waals surface area contributed by atoms with Gasteiger partial charge in [0.2, 0.25) is 0 Å². The first-order chi connectivity index (χ1) is 8.01. The minimum Gasteiger partial charge on any atom is -0.409 e. The Morgan fingerprint density at radius 1 is 1.59 bits per heavy atom. The largest absolute Gasteiger partial charge is 0.409 e. The molecule has 0 heterocycles. The van der Waals surface area contributed by atoms with Crippen LogP contribution in [0.15, 0.2) is 27.8 Å². The average Bonchev–Trinajstić information content (AvgIpc) is 2.35. The molecule has 94 valence electrons. The first-order valence-electron chi connectivity index (χ1n) is 5.51. The predicted octanol–water partition coefficient (Wildman–Crippen LogP) is 2.78. The average molecular weight is 300 g/mol. The molecule has 1 aromatic carbocycles. The van der Waals surface area contributed by atoms with Gasteiger partial charge in [-0.25, -0.2) is 0 Å². The third-order valence-electron chi connectivity index (χ3n) is 3.00. The number of halogens is 1. The second kappa shape index (κ2) is 5.91. The molecule has 1 rings (SSSR count). The number of nitrogens with two attached hydrogens (primary N) is 1. The Morgan fingerprint density at radius 2 is 2.24 bits per heavy atom. The van der Waals surface area contributed by atoms with Gasteiger partial charge in [-0.1, -0.05) is 12.1 Å². The molecule has 0 bridgehead atoms. The van der Waals surface area contributed by atoms with Crippen LogP contribution in [0.5, 0.6) is 0 Å². The van der Waals surface area contributed by atoms with Crippen molar-refractivity contribution < 1.29 is 5.21 Å². The molecule has 0 fully saturated rings. The van der Waals surface area contributed by atoms with Gasteiger partial charge in [-0.2, -0.15) is 0 Å². The number of benzene rings is 1. The van der Waals surface area contributed by atoms with Crippen molar-refractivity contribution in [2.45, 2.75) is 26.3 Å². The summed E-state index contributed by atoms with van der Waals surface area (Å²) in [7, 11) is 2.05. The summed E-state index contributed by atoms with van der Waals surface area (Å²) in [4.78, 5) is 2.20. The molecule has 0 spiro atoms. The lowest BCUT2D eigenvalue weighted by atomic mass is 10.1. The number of nitrogens with zero attached hydrogens (tertiary/aromatic N) is 2. The van der Waals surface area contributed by atoms with E-state index >= 15 is 0 Å². The van der Waals surface area contributed by atoms with E-state index in [2.05, 4.69) is 46.9 Å². The lowest BCUT2D eigenvalue weighted by Gasteiger charge is -2.26. The van der Waals surface area contributed by atoms with Gasteiger partial charge in [-0.3, -0.25) is 0 Å². The first kappa shape index (κ1) is 13.8. The maximum absolute atomic E-state index is 8.65. The Morgan fingerprint density at radius 3 is 2.71 bits per heavy atom. The topological polar surface area (TPSA) is 61.8 Å². The van der Waals surface area contributed by atoms with Gasteiger partial charge in [0.25, 0.3) is 0 Å². The van der Waals surface area contributed by atoms with Gasteiger partial charge in [0.1, 0.15) is 0 Å². The van der Waals surface area contributed by atoms with Gasteiger partial charge >= 0.3 is 0 Å². The minimum atomic E-state index is 0.106. The van der Waals surface area contributed by atoms with Crippen molar-refractivity contribution >= 4 is 27.5 Å². The SMILES string of the molecule is CCC(C)N(C)c1ccc(/C(N)=N/O)c(Br)c1. The Balaban J connectivity index is 3.04.